The van der Waals surface area contributed by atoms with Crippen molar-refractivity contribution >= 4 is 0 Å². The molecule has 1 rings (SSSR count). The van der Waals surface area contributed by atoms with Gasteiger partial charge in [0.1, 0.15) is 0 Å². The number of hydrogen-bond donors (Lipinski definition) is 0. The quantitative estimate of drug-likeness (QED) is 0.499. The van der Waals surface area contributed by atoms with Crippen molar-refractivity contribution in [1.29, 1.82) is 0 Å². The normalized spacial score (nSPS) is 17.5. The first-order valence-electron chi connectivity index (χ1n) is 2.81. The van der Waals surface area contributed by atoms with Gasteiger partial charge in [-0.1, -0.05) is 0 Å². The molecule has 46 valence electrons. The fourth-order valence-electron chi connectivity index (χ4n) is 0.716. The minimum absolute atomic E-state index is 0.855. The lowest BCUT2D eigenvalue weighted by Gasteiger charge is -2.11. The van der Waals surface area contributed by atoms with Gasteiger partial charge in [-0.3, -0.25) is 0 Å². The third kappa shape index (κ3) is 0.941. The lowest BCUT2D eigenvalue weighted by atomic mass is 10.5. The number of ether oxygens (including phenoxy) is 1. The molecule has 0 spiro atoms. The van der Waals surface area contributed by atoms with Gasteiger partial charge in [-0.2, -0.15) is 0 Å². The SMILES string of the molecule is CN(C)C1=CCCO1. The van der Waals surface area contributed by atoms with Crippen LogP contribution in [0, 0.1) is 0 Å². The summed E-state index contributed by atoms with van der Waals surface area (Å²) < 4.78 is 5.20. The molecule has 0 aliphatic carbocycles. The summed E-state index contributed by atoms with van der Waals surface area (Å²) in [5.74, 6) is 1.00. The van der Waals surface area contributed by atoms with Crippen LogP contribution in [-0.4, -0.2) is 25.6 Å². The molecule has 2 nitrogen and oxygen atoms in total. The van der Waals surface area contributed by atoms with Crippen LogP contribution >= 0.6 is 0 Å². The van der Waals surface area contributed by atoms with Gasteiger partial charge in [-0.25, -0.2) is 0 Å². The highest BCUT2D eigenvalue weighted by Gasteiger charge is 2.04. The molecule has 1 heterocycles. The van der Waals surface area contributed by atoms with E-state index in [1.165, 1.54) is 0 Å². The van der Waals surface area contributed by atoms with E-state index >= 15 is 0 Å². The van der Waals surface area contributed by atoms with Gasteiger partial charge < -0.3 is 9.64 Å². The number of nitrogens with zero attached hydrogens (tertiary/aromatic N) is 1. The van der Waals surface area contributed by atoms with Gasteiger partial charge in [-0.15, -0.1) is 0 Å². The van der Waals surface area contributed by atoms with Crippen LogP contribution in [0.25, 0.3) is 0 Å². The Kier molecular flexibility index (Phi) is 1.42. The zero-order valence-corrected chi connectivity index (χ0v) is 5.35. The predicted octanol–water partition coefficient (Wildman–Crippen LogP) is 0.810. The van der Waals surface area contributed by atoms with Gasteiger partial charge >= 0.3 is 0 Å². The molecule has 0 aromatic heterocycles. The Balaban J connectivity index is 2.45. The monoisotopic (exact) mass is 113 g/mol. The van der Waals surface area contributed by atoms with Crippen LogP contribution in [0.2, 0.25) is 0 Å². The molecule has 0 saturated carbocycles. The summed E-state index contributed by atoms with van der Waals surface area (Å²) in [6.45, 7) is 0.855. The van der Waals surface area contributed by atoms with Crippen molar-refractivity contribution in [2.45, 2.75) is 6.42 Å². The van der Waals surface area contributed by atoms with E-state index < -0.39 is 0 Å². The zero-order valence-electron chi connectivity index (χ0n) is 5.35. The molecular formula is C6H11NO. The van der Waals surface area contributed by atoms with Gasteiger partial charge in [0, 0.05) is 20.5 Å². The fourth-order valence-corrected chi connectivity index (χ4v) is 0.716. The second kappa shape index (κ2) is 2.07. The number of hydrogen-bond acceptors (Lipinski definition) is 2. The van der Waals surface area contributed by atoms with Crippen LogP contribution in [-0.2, 0) is 4.74 Å². The third-order valence-corrected chi connectivity index (χ3v) is 1.13. The molecular weight excluding hydrogens is 102 g/mol. The predicted molar refractivity (Wildman–Crippen MR) is 32.3 cm³/mol. The Bertz CT molecular complexity index is 107. The zero-order chi connectivity index (χ0) is 5.98. The lowest BCUT2D eigenvalue weighted by Crippen LogP contribution is -2.10. The van der Waals surface area contributed by atoms with E-state index in [1.807, 2.05) is 19.0 Å². The van der Waals surface area contributed by atoms with E-state index in [1.54, 1.807) is 0 Å². The van der Waals surface area contributed by atoms with Crippen molar-refractivity contribution in [1.82, 2.24) is 4.90 Å². The van der Waals surface area contributed by atoms with Crippen LogP contribution in [0.4, 0.5) is 0 Å². The maximum Gasteiger partial charge on any atom is 0.184 e. The highest BCUT2D eigenvalue weighted by atomic mass is 16.5. The molecule has 0 aromatic rings. The van der Waals surface area contributed by atoms with Gasteiger partial charge in [0.05, 0.1) is 6.61 Å². The van der Waals surface area contributed by atoms with Crippen molar-refractivity contribution in [3.8, 4) is 0 Å². The number of rotatable bonds is 1. The van der Waals surface area contributed by atoms with Crippen LogP contribution < -0.4 is 0 Å². The topological polar surface area (TPSA) is 12.5 Å². The van der Waals surface area contributed by atoms with Crippen molar-refractivity contribution in [2.75, 3.05) is 20.7 Å². The Morgan fingerprint density at radius 1 is 1.62 bits per heavy atom. The first-order valence-corrected chi connectivity index (χ1v) is 2.81. The highest BCUT2D eigenvalue weighted by Crippen LogP contribution is 2.09. The van der Waals surface area contributed by atoms with E-state index in [2.05, 4.69) is 6.08 Å². The molecule has 0 aromatic carbocycles. The molecule has 0 unspecified atom stereocenters. The van der Waals surface area contributed by atoms with Gasteiger partial charge in [0.2, 0.25) is 0 Å². The molecule has 1 aliphatic heterocycles. The van der Waals surface area contributed by atoms with Gasteiger partial charge in [0.25, 0.3) is 0 Å². The second-order valence-corrected chi connectivity index (χ2v) is 2.07. The molecule has 0 atom stereocenters. The Labute approximate surface area is 49.7 Å². The first kappa shape index (κ1) is 5.48. The van der Waals surface area contributed by atoms with Crippen LogP contribution in [0.1, 0.15) is 6.42 Å². The van der Waals surface area contributed by atoms with Crippen molar-refractivity contribution in [3.63, 3.8) is 0 Å². The Morgan fingerprint density at radius 2 is 2.38 bits per heavy atom. The van der Waals surface area contributed by atoms with E-state index in [-0.39, 0.29) is 0 Å². The minimum Gasteiger partial charge on any atom is -0.479 e. The second-order valence-electron chi connectivity index (χ2n) is 2.07. The summed E-state index contributed by atoms with van der Waals surface area (Å²) >= 11 is 0. The molecule has 0 amide bonds. The van der Waals surface area contributed by atoms with Gasteiger partial charge in [-0.05, 0) is 6.08 Å². The van der Waals surface area contributed by atoms with E-state index in [0.29, 0.717) is 0 Å². The average molecular weight is 113 g/mol. The summed E-state index contributed by atoms with van der Waals surface area (Å²) in [7, 11) is 3.97. The molecule has 0 bridgehead atoms. The maximum absolute atomic E-state index is 5.20. The Hall–Kier alpha value is -0.660. The van der Waals surface area contributed by atoms with Crippen LogP contribution in [0.5, 0.6) is 0 Å². The van der Waals surface area contributed by atoms with E-state index in [0.717, 1.165) is 18.9 Å². The molecule has 0 radical (unpaired) electrons. The fraction of sp³-hybridized carbons (Fsp3) is 0.667. The molecule has 0 saturated heterocycles. The molecule has 2 heteroatoms. The van der Waals surface area contributed by atoms with Crippen molar-refractivity contribution in [2.24, 2.45) is 0 Å². The molecule has 0 fully saturated rings. The minimum atomic E-state index is 0.855. The molecule has 1 aliphatic rings. The third-order valence-electron chi connectivity index (χ3n) is 1.13. The maximum atomic E-state index is 5.20. The average Bonchev–Trinajstić information content (AvgIpc) is 2.12. The largest absolute Gasteiger partial charge is 0.479 e. The smallest absolute Gasteiger partial charge is 0.184 e. The van der Waals surface area contributed by atoms with Crippen LogP contribution in [0.3, 0.4) is 0 Å². The first-order chi connectivity index (χ1) is 3.80. The Morgan fingerprint density at radius 3 is 2.62 bits per heavy atom. The van der Waals surface area contributed by atoms with Crippen LogP contribution in [0.15, 0.2) is 12.0 Å². The summed E-state index contributed by atoms with van der Waals surface area (Å²) in [4.78, 5) is 1.98. The van der Waals surface area contributed by atoms with E-state index in [4.69, 9.17) is 4.74 Å². The summed E-state index contributed by atoms with van der Waals surface area (Å²) in [5, 5.41) is 0. The lowest BCUT2D eigenvalue weighted by molar-refractivity contribution is 0.169. The summed E-state index contributed by atoms with van der Waals surface area (Å²) in [5.41, 5.74) is 0. The molecule has 8 heavy (non-hydrogen) atoms. The molecule has 0 N–H and O–H groups in total. The van der Waals surface area contributed by atoms with E-state index in [9.17, 15) is 0 Å². The van der Waals surface area contributed by atoms with Gasteiger partial charge in [0.15, 0.2) is 5.88 Å². The summed E-state index contributed by atoms with van der Waals surface area (Å²) in [6, 6.07) is 0. The van der Waals surface area contributed by atoms with Crippen molar-refractivity contribution < 1.29 is 4.74 Å². The van der Waals surface area contributed by atoms with Crippen molar-refractivity contribution in [3.05, 3.63) is 12.0 Å². The standard InChI is InChI=1S/C6H11NO/c1-7(2)6-4-3-5-8-6/h4H,3,5H2,1-2H3. The summed E-state index contributed by atoms with van der Waals surface area (Å²) in [6.07, 6.45) is 3.16. The highest BCUT2D eigenvalue weighted by molar-refractivity contribution is 4.94.